The summed E-state index contributed by atoms with van der Waals surface area (Å²) in [6.45, 7) is 0.202. The molecule has 0 spiro atoms. The number of rotatable bonds is 4. The highest BCUT2D eigenvalue weighted by Crippen LogP contribution is 2.08. The monoisotopic (exact) mass is 196 g/mol. The summed E-state index contributed by atoms with van der Waals surface area (Å²) >= 11 is 0. The molecule has 0 amide bonds. The molecule has 1 aromatic rings. The lowest BCUT2D eigenvalue weighted by Crippen LogP contribution is -2.09. The predicted octanol–water partition coefficient (Wildman–Crippen LogP) is 1.48. The minimum Gasteiger partial charge on any atom is -0.466 e. The molecule has 0 aliphatic rings. The van der Waals surface area contributed by atoms with E-state index < -0.39 is 5.97 Å². The molecule has 1 heterocycles. The minimum absolute atomic E-state index is 0.202. The van der Waals surface area contributed by atoms with Crippen LogP contribution in [-0.4, -0.2) is 26.8 Å². The number of methoxy groups -OCH3 is 2. The number of furan rings is 1. The van der Waals surface area contributed by atoms with Crippen molar-refractivity contribution in [2.75, 3.05) is 20.8 Å². The highest BCUT2D eigenvalue weighted by Gasteiger charge is 2.09. The molecule has 0 radical (unpaired) electrons. The van der Waals surface area contributed by atoms with Gasteiger partial charge in [-0.3, -0.25) is 0 Å². The first-order valence-electron chi connectivity index (χ1n) is 4.09. The number of carbonyl (C=O) groups is 1. The average Bonchev–Trinajstić information content (AvgIpc) is 2.68. The first-order valence-corrected chi connectivity index (χ1v) is 4.09. The zero-order valence-electron chi connectivity index (χ0n) is 8.15. The van der Waals surface area contributed by atoms with E-state index in [9.17, 15) is 4.79 Å². The van der Waals surface area contributed by atoms with Gasteiger partial charge in [-0.25, -0.2) is 4.79 Å². The van der Waals surface area contributed by atoms with Gasteiger partial charge in [-0.15, -0.1) is 0 Å². The van der Waals surface area contributed by atoms with E-state index in [0.29, 0.717) is 11.3 Å². The zero-order chi connectivity index (χ0) is 10.4. The lowest BCUT2D eigenvalue weighted by molar-refractivity contribution is -0.136. The van der Waals surface area contributed by atoms with Gasteiger partial charge in [0, 0.05) is 7.11 Å². The highest BCUT2D eigenvalue weighted by atomic mass is 16.5. The number of hydrogen-bond donors (Lipinski definition) is 0. The maximum absolute atomic E-state index is 11.2. The molecule has 0 atom stereocenters. The van der Waals surface area contributed by atoms with E-state index >= 15 is 0 Å². The fourth-order valence-electron chi connectivity index (χ4n) is 0.991. The summed E-state index contributed by atoms with van der Waals surface area (Å²) in [6.07, 6.45) is 3.13. The maximum Gasteiger partial charge on any atom is 0.336 e. The molecule has 0 aliphatic heterocycles. The van der Waals surface area contributed by atoms with Gasteiger partial charge >= 0.3 is 5.97 Å². The molecule has 4 heteroatoms. The van der Waals surface area contributed by atoms with Crippen molar-refractivity contribution in [2.24, 2.45) is 0 Å². The van der Waals surface area contributed by atoms with E-state index in [2.05, 4.69) is 4.74 Å². The minimum atomic E-state index is -0.414. The van der Waals surface area contributed by atoms with Gasteiger partial charge in [0.25, 0.3) is 0 Å². The fourth-order valence-corrected chi connectivity index (χ4v) is 0.991. The van der Waals surface area contributed by atoms with Crippen LogP contribution in [0.3, 0.4) is 0 Å². The predicted molar refractivity (Wildman–Crippen MR) is 50.6 cm³/mol. The van der Waals surface area contributed by atoms with E-state index in [1.54, 1.807) is 18.2 Å². The van der Waals surface area contributed by atoms with Crippen LogP contribution in [0.25, 0.3) is 6.08 Å². The van der Waals surface area contributed by atoms with Gasteiger partial charge in [0.2, 0.25) is 0 Å². The Labute approximate surface area is 82.1 Å². The Hall–Kier alpha value is -1.55. The first-order chi connectivity index (χ1) is 6.77. The zero-order valence-corrected chi connectivity index (χ0v) is 8.15. The molecular weight excluding hydrogens is 184 g/mol. The van der Waals surface area contributed by atoms with E-state index in [4.69, 9.17) is 9.15 Å². The van der Waals surface area contributed by atoms with Gasteiger partial charge in [-0.1, -0.05) is 0 Å². The molecule has 0 aromatic carbocycles. The number of carbonyl (C=O) groups excluding carboxylic acids is 1. The van der Waals surface area contributed by atoms with Crippen LogP contribution in [0.15, 0.2) is 28.4 Å². The van der Waals surface area contributed by atoms with Crippen LogP contribution in [-0.2, 0) is 14.3 Å². The van der Waals surface area contributed by atoms with Crippen molar-refractivity contribution in [3.05, 3.63) is 29.7 Å². The topological polar surface area (TPSA) is 48.7 Å². The van der Waals surface area contributed by atoms with Gasteiger partial charge in [-0.2, -0.15) is 0 Å². The largest absolute Gasteiger partial charge is 0.466 e. The Bertz CT molecular complexity index is 311. The first kappa shape index (κ1) is 10.5. The van der Waals surface area contributed by atoms with Crippen molar-refractivity contribution in [3.63, 3.8) is 0 Å². The summed E-state index contributed by atoms with van der Waals surface area (Å²) in [5, 5.41) is 0. The molecule has 0 saturated carbocycles. The third-order valence-electron chi connectivity index (χ3n) is 1.61. The van der Waals surface area contributed by atoms with Crippen molar-refractivity contribution in [2.45, 2.75) is 0 Å². The molecule has 0 N–H and O–H groups in total. The highest BCUT2D eigenvalue weighted by molar-refractivity contribution is 5.93. The van der Waals surface area contributed by atoms with Crippen molar-refractivity contribution < 1.29 is 18.7 Å². The van der Waals surface area contributed by atoms with Gasteiger partial charge < -0.3 is 13.9 Å². The van der Waals surface area contributed by atoms with E-state index in [0.717, 1.165) is 0 Å². The molecule has 76 valence electrons. The molecule has 0 bridgehead atoms. The smallest absolute Gasteiger partial charge is 0.336 e. The molecule has 4 nitrogen and oxygen atoms in total. The van der Waals surface area contributed by atoms with Gasteiger partial charge in [0.05, 0.1) is 25.6 Å². The van der Waals surface area contributed by atoms with Crippen LogP contribution in [0.2, 0.25) is 0 Å². The van der Waals surface area contributed by atoms with Gasteiger partial charge in [0.15, 0.2) is 0 Å². The van der Waals surface area contributed by atoms with E-state index in [1.807, 2.05) is 0 Å². The number of ether oxygens (including phenoxy) is 2. The summed E-state index contributed by atoms with van der Waals surface area (Å²) in [6, 6.07) is 3.49. The molecule has 0 fully saturated rings. The number of esters is 1. The Morgan fingerprint density at radius 1 is 1.57 bits per heavy atom. The third-order valence-corrected chi connectivity index (χ3v) is 1.61. The fraction of sp³-hybridized carbons (Fsp3) is 0.300. The summed E-state index contributed by atoms with van der Waals surface area (Å²) < 4.78 is 14.5. The van der Waals surface area contributed by atoms with Crippen molar-refractivity contribution in [1.29, 1.82) is 0 Å². The lowest BCUT2D eigenvalue weighted by Gasteiger charge is -2.02. The molecule has 0 aliphatic carbocycles. The van der Waals surface area contributed by atoms with E-state index in [1.165, 1.54) is 20.5 Å². The summed E-state index contributed by atoms with van der Waals surface area (Å²) in [5.74, 6) is 0.186. The van der Waals surface area contributed by atoms with Crippen molar-refractivity contribution in [1.82, 2.24) is 0 Å². The van der Waals surface area contributed by atoms with Crippen LogP contribution >= 0.6 is 0 Å². The molecular formula is C10H12O4. The Morgan fingerprint density at radius 3 is 2.86 bits per heavy atom. The van der Waals surface area contributed by atoms with Gasteiger partial charge in [0.1, 0.15) is 5.76 Å². The standard InChI is InChI=1S/C10H12O4/c1-12-7-8(10(11)13-2)6-9-4-3-5-14-9/h3-6H,7H2,1-2H3/b8-6+. The third kappa shape index (κ3) is 2.74. The van der Waals surface area contributed by atoms with Crippen LogP contribution in [0.5, 0.6) is 0 Å². The molecule has 1 aromatic heterocycles. The Balaban J connectivity index is 2.81. The normalized spacial score (nSPS) is 11.4. The van der Waals surface area contributed by atoms with Crippen LogP contribution < -0.4 is 0 Å². The molecule has 1 rings (SSSR count). The number of hydrogen-bond acceptors (Lipinski definition) is 4. The molecule has 0 saturated heterocycles. The van der Waals surface area contributed by atoms with Crippen LogP contribution in [0.1, 0.15) is 5.76 Å². The SMILES string of the molecule is COC/C(=C\c1ccco1)C(=O)OC. The maximum atomic E-state index is 11.2. The Morgan fingerprint density at radius 2 is 2.36 bits per heavy atom. The summed E-state index contributed by atoms with van der Waals surface area (Å²) in [7, 11) is 2.84. The van der Waals surface area contributed by atoms with Crippen molar-refractivity contribution >= 4 is 12.0 Å². The second-order valence-corrected chi connectivity index (χ2v) is 2.61. The summed E-state index contributed by atoms with van der Waals surface area (Å²) in [5.41, 5.74) is 0.421. The second-order valence-electron chi connectivity index (χ2n) is 2.61. The Kier molecular flexibility index (Phi) is 3.94. The summed E-state index contributed by atoms with van der Waals surface area (Å²) in [4.78, 5) is 11.2. The lowest BCUT2D eigenvalue weighted by atomic mass is 10.2. The average molecular weight is 196 g/mol. The van der Waals surface area contributed by atoms with Gasteiger partial charge in [-0.05, 0) is 18.2 Å². The van der Waals surface area contributed by atoms with E-state index in [-0.39, 0.29) is 6.61 Å². The molecule has 0 unspecified atom stereocenters. The molecule has 14 heavy (non-hydrogen) atoms. The van der Waals surface area contributed by atoms with Crippen LogP contribution in [0.4, 0.5) is 0 Å². The second kappa shape index (κ2) is 5.24. The van der Waals surface area contributed by atoms with Crippen LogP contribution in [0, 0.1) is 0 Å². The quantitative estimate of drug-likeness (QED) is 0.540. The van der Waals surface area contributed by atoms with Crippen molar-refractivity contribution in [3.8, 4) is 0 Å².